The van der Waals surface area contributed by atoms with Crippen molar-refractivity contribution in [2.75, 3.05) is 0 Å². The minimum Gasteiger partial charge on any atom is -0.428 e. The van der Waals surface area contributed by atoms with Gasteiger partial charge in [-0.25, -0.2) is 4.79 Å². The fourth-order valence-corrected chi connectivity index (χ4v) is 1.66. The predicted molar refractivity (Wildman–Crippen MR) is 70.4 cm³/mol. The molecule has 0 saturated heterocycles. The summed E-state index contributed by atoms with van der Waals surface area (Å²) in [6.45, 7) is 3.40. The Morgan fingerprint density at radius 3 is 2.82 bits per heavy atom. The van der Waals surface area contributed by atoms with Gasteiger partial charge in [-0.3, -0.25) is 0 Å². The Labute approximate surface area is 103 Å². The highest BCUT2D eigenvalue weighted by molar-refractivity contribution is 5.82. The summed E-state index contributed by atoms with van der Waals surface area (Å²) in [6, 6.07) is 0. The lowest BCUT2D eigenvalue weighted by molar-refractivity contribution is -0.134. The maximum Gasteiger partial charge on any atom is 0.335 e. The molecule has 1 rings (SSSR count). The van der Waals surface area contributed by atoms with E-state index in [0.29, 0.717) is 0 Å². The van der Waals surface area contributed by atoms with E-state index in [4.69, 9.17) is 4.74 Å². The first-order valence-corrected chi connectivity index (χ1v) is 6.19. The Balaban J connectivity index is 2.61. The van der Waals surface area contributed by atoms with E-state index in [1.165, 1.54) is 25.3 Å². The molecule has 0 spiro atoms. The molecule has 0 bridgehead atoms. The van der Waals surface area contributed by atoms with Crippen LogP contribution in [-0.4, -0.2) is 5.97 Å². The Morgan fingerprint density at radius 1 is 1.18 bits per heavy atom. The van der Waals surface area contributed by atoms with Crippen molar-refractivity contribution in [1.82, 2.24) is 0 Å². The first-order valence-electron chi connectivity index (χ1n) is 6.19. The molecule has 17 heavy (non-hydrogen) atoms. The van der Waals surface area contributed by atoms with Gasteiger partial charge in [0.1, 0.15) is 5.76 Å². The molecule has 0 aromatic carbocycles. The van der Waals surface area contributed by atoms with E-state index in [1.807, 2.05) is 24.3 Å². The van der Waals surface area contributed by atoms with Gasteiger partial charge in [0.25, 0.3) is 0 Å². The van der Waals surface area contributed by atoms with E-state index in [-0.39, 0.29) is 5.97 Å². The van der Waals surface area contributed by atoms with Crippen molar-refractivity contribution >= 4 is 5.97 Å². The number of carbonyl (C=O) groups excluding carboxylic acids is 1. The topological polar surface area (TPSA) is 26.3 Å². The monoisotopic (exact) mass is 232 g/mol. The lowest BCUT2D eigenvalue weighted by atomic mass is 10.1. The average molecular weight is 232 g/mol. The largest absolute Gasteiger partial charge is 0.428 e. The van der Waals surface area contributed by atoms with Crippen LogP contribution in [0.2, 0.25) is 0 Å². The summed E-state index contributed by atoms with van der Waals surface area (Å²) < 4.78 is 5.17. The zero-order valence-corrected chi connectivity index (χ0v) is 10.2. The summed E-state index contributed by atoms with van der Waals surface area (Å²) in [5.41, 5.74) is 0. The number of esters is 1. The summed E-state index contributed by atoms with van der Waals surface area (Å²) in [6.07, 6.45) is 17.8. The van der Waals surface area contributed by atoms with Gasteiger partial charge < -0.3 is 4.74 Å². The van der Waals surface area contributed by atoms with Crippen LogP contribution in [0.5, 0.6) is 0 Å². The minimum atomic E-state index is -0.382. The van der Waals surface area contributed by atoms with E-state index < -0.39 is 0 Å². The Bertz CT molecular complexity index is 335. The van der Waals surface area contributed by atoms with E-state index >= 15 is 0 Å². The Kier molecular flexibility index (Phi) is 6.80. The first-order chi connectivity index (χ1) is 8.33. The van der Waals surface area contributed by atoms with E-state index in [2.05, 4.69) is 12.7 Å². The van der Waals surface area contributed by atoms with Gasteiger partial charge in [-0.05, 0) is 25.3 Å². The molecule has 0 fully saturated rings. The lowest BCUT2D eigenvalue weighted by Crippen LogP contribution is -2.00. The fraction of sp³-hybridized carbons (Fsp3) is 0.400. The van der Waals surface area contributed by atoms with Crippen molar-refractivity contribution in [3.8, 4) is 0 Å². The summed E-state index contributed by atoms with van der Waals surface area (Å²) >= 11 is 0. The second-order valence-corrected chi connectivity index (χ2v) is 4.02. The second-order valence-electron chi connectivity index (χ2n) is 4.02. The van der Waals surface area contributed by atoms with Crippen LogP contribution < -0.4 is 0 Å². The van der Waals surface area contributed by atoms with E-state index in [9.17, 15) is 4.79 Å². The van der Waals surface area contributed by atoms with Crippen molar-refractivity contribution < 1.29 is 9.53 Å². The minimum absolute atomic E-state index is 0.382. The number of hydrogen-bond donors (Lipinski definition) is 0. The maximum atomic E-state index is 11.1. The first kappa shape index (κ1) is 13.5. The molecule has 2 nitrogen and oxygen atoms in total. The standard InChI is InChI=1S/C15H20O2/c1-2-15(16)17-14-12-10-8-6-4-3-5-7-9-11-13-14/h2,4,6,8,10,12H,1,3,5,7,9,11,13H2/b6-4+,10-8+,14-12+. The number of carbonyl (C=O) groups is 1. The Morgan fingerprint density at radius 2 is 2.00 bits per heavy atom. The summed E-state index contributed by atoms with van der Waals surface area (Å²) in [5.74, 6) is 0.340. The molecule has 0 aromatic rings. The van der Waals surface area contributed by atoms with Gasteiger partial charge in [-0.2, -0.15) is 0 Å². The van der Waals surface area contributed by atoms with Crippen LogP contribution in [0.25, 0.3) is 0 Å². The second kappa shape index (κ2) is 8.57. The van der Waals surface area contributed by atoms with Crippen LogP contribution in [0.4, 0.5) is 0 Å². The summed E-state index contributed by atoms with van der Waals surface area (Å²) in [5, 5.41) is 0. The maximum absolute atomic E-state index is 11.1. The van der Waals surface area contributed by atoms with E-state index in [0.717, 1.165) is 25.0 Å². The molecule has 1 aliphatic rings. The van der Waals surface area contributed by atoms with Gasteiger partial charge in [0, 0.05) is 12.5 Å². The van der Waals surface area contributed by atoms with Gasteiger partial charge >= 0.3 is 5.97 Å². The van der Waals surface area contributed by atoms with E-state index in [1.54, 1.807) is 0 Å². The average Bonchev–Trinajstić information content (AvgIpc) is 2.32. The van der Waals surface area contributed by atoms with Crippen molar-refractivity contribution in [1.29, 1.82) is 0 Å². The third kappa shape index (κ3) is 6.56. The quantitative estimate of drug-likeness (QED) is 0.530. The van der Waals surface area contributed by atoms with Gasteiger partial charge in [0.2, 0.25) is 0 Å². The van der Waals surface area contributed by atoms with Crippen LogP contribution in [0.1, 0.15) is 38.5 Å². The third-order valence-electron chi connectivity index (χ3n) is 2.58. The molecule has 0 heterocycles. The van der Waals surface area contributed by atoms with Crippen LogP contribution >= 0.6 is 0 Å². The van der Waals surface area contributed by atoms with Crippen LogP contribution in [0.3, 0.4) is 0 Å². The highest BCUT2D eigenvalue weighted by atomic mass is 16.5. The SMILES string of the molecule is C=CC(=O)O/C1=C/C=C/C=C/CCCCCC1. The predicted octanol–water partition coefficient (Wildman–Crippen LogP) is 4.07. The zero-order chi connectivity index (χ0) is 12.3. The molecular formula is C15H20O2. The van der Waals surface area contributed by atoms with Gasteiger partial charge in [0.05, 0.1) is 0 Å². The molecule has 0 aromatic heterocycles. The summed E-state index contributed by atoms with van der Waals surface area (Å²) in [7, 11) is 0. The number of rotatable bonds is 2. The highest BCUT2D eigenvalue weighted by Crippen LogP contribution is 2.14. The van der Waals surface area contributed by atoms with Gasteiger partial charge in [-0.1, -0.05) is 43.7 Å². The van der Waals surface area contributed by atoms with Crippen molar-refractivity contribution in [3.05, 3.63) is 48.8 Å². The summed E-state index contributed by atoms with van der Waals surface area (Å²) in [4.78, 5) is 11.1. The van der Waals surface area contributed by atoms with Crippen molar-refractivity contribution in [2.24, 2.45) is 0 Å². The number of hydrogen-bond acceptors (Lipinski definition) is 2. The molecular weight excluding hydrogens is 212 g/mol. The smallest absolute Gasteiger partial charge is 0.335 e. The molecule has 0 saturated carbocycles. The van der Waals surface area contributed by atoms with Crippen molar-refractivity contribution in [2.45, 2.75) is 38.5 Å². The highest BCUT2D eigenvalue weighted by Gasteiger charge is 2.02. The normalized spacial score (nSPS) is 24.4. The molecule has 0 radical (unpaired) electrons. The van der Waals surface area contributed by atoms with Crippen molar-refractivity contribution in [3.63, 3.8) is 0 Å². The lowest BCUT2D eigenvalue weighted by Gasteiger charge is -2.06. The molecule has 0 unspecified atom stereocenters. The van der Waals surface area contributed by atoms with Crippen LogP contribution in [0.15, 0.2) is 48.8 Å². The zero-order valence-electron chi connectivity index (χ0n) is 10.2. The van der Waals surface area contributed by atoms with Gasteiger partial charge in [-0.15, -0.1) is 0 Å². The molecule has 1 aliphatic carbocycles. The molecule has 0 aliphatic heterocycles. The van der Waals surface area contributed by atoms with Crippen LogP contribution in [-0.2, 0) is 9.53 Å². The Hall–Kier alpha value is -1.57. The molecule has 0 N–H and O–H groups in total. The number of allylic oxidation sites excluding steroid dienone is 6. The van der Waals surface area contributed by atoms with Crippen LogP contribution in [0, 0.1) is 0 Å². The molecule has 0 amide bonds. The third-order valence-corrected chi connectivity index (χ3v) is 2.58. The molecule has 2 heteroatoms. The fourth-order valence-electron chi connectivity index (χ4n) is 1.66. The molecule has 92 valence electrons. The van der Waals surface area contributed by atoms with Gasteiger partial charge in [0.15, 0.2) is 0 Å². The molecule has 0 atom stereocenters. The number of ether oxygens (including phenoxy) is 1.